The Morgan fingerprint density at radius 3 is 2.32 bits per heavy atom. The molecule has 0 spiro atoms. The second-order valence-corrected chi connectivity index (χ2v) is 5.12. The van der Waals surface area contributed by atoms with Crippen molar-refractivity contribution in [1.29, 1.82) is 0 Å². The zero-order valence-corrected chi connectivity index (χ0v) is 12.3. The Labute approximate surface area is 134 Å². The summed E-state index contributed by atoms with van der Waals surface area (Å²) >= 11 is 11.5. The van der Waals surface area contributed by atoms with E-state index < -0.39 is 17.6 Å². The van der Waals surface area contributed by atoms with Gasteiger partial charge in [0.15, 0.2) is 5.75 Å². The quantitative estimate of drug-likeness (QED) is 0.640. The van der Waals surface area contributed by atoms with Gasteiger partial charge in [0.25, 0.3) is 5.91 Å². The molecule has 0 bridgehead atoms. The van der Waals surface area contributed by atoms with Crippen molar-refractivity contribution in [1.82, 2.24) is 0 Å². The van der Waals surface area contributed by atoms with Crippen LogP contribution in [0.1, 0.15) is 20.7 Å². The highest BCUT2D eigenvalue weighted by Crippen LogP contribution is 2.35. The second kappa shape index (κ2) is 6.13. The van der Waals surface area contributed by atoms with Crippen LogP contribution in [0.2, 0.25) is 10.0 Å². The van der Waals surface area contributed by atoms with Gasteiger partial charge >= 0.3 is 5.97 Å². The Morgan fingerprint density at radius 1 is 1.05 bits per heavy atom. The summed E-state index contributed by atoms with van der Waals surface area (Å²) < 4.78 is 0. The van der Waals surface area contributed by atoms with Gasteiger partial charge in [0.05, 0.1) is 10.7 Å². The SMILES string of the molecule is O=C(Nc1cc(Cl)cc(Cl)c1O)c1ccc(C(=O)O)c(O)c1. The maximum absolute atomic E-state index is 12.1. The minimum absolute atomic E-state index is 0.00185. The topological polar surface area (TPSA) is 107 Å². The number of phenols is 2. The first-order valence-electron chi connectivity index (χ1n) is 5.85. The molecule has 6 nitrogen and oxygen atoms in total. The molecule has 0 saturated carbocycles. The summed E-state index contributed by atoms with van der Waals surface area (Å²) in [6.07, 6.45) is 0. The third kappa shape index (κ3) is 3.24. The highest BCUT2D eigenvalue weighted by atomic mass is 35.5. The van der Waals surface area contributed by atoms with Crippen LogP contribution in [-0.2, 0) is 0 Å². The first-order valence-corrected chi connectivity index (χ1v) is 6.61. The van der Waals surface area contributed by atoms with Gasteiger partial charge in [-0.25, -0.2) is 4.79 Å². The predicted molar refractivity (Wildman–Crippen MR) is 81.1 cm³/mol. The number of benzene rings is 2. The predicted octanol–water partition coefficient (Wildman–Crippen LogP) is 3.36. The van der Waals surface area contributed by atoms with Crippen LogP contribution >= 0.6 is 23.2 Å². The number of carboxylic acid groups (broad SMARTS) is 1. The molecule has 2 aromatic rings. The zero-order valence-electron chi connectivity index (χ0n) is 10.8. The van der Waals surface area contributed by atoms with E-state index in [1.54, 1.807) is 0 Å². The molecular weight excluding hydrogens is 333 g/mol. The van der Waals surface area contributed by atoms with Gasteiger partial charge in [-0.2, -0.15) is 0 Å². The number of hydrogen-bond acceptors (Lipinski definition) is 4. The number of nitrogens with one attached hydrogen (secondary N) is 1. The highest BCUT2D eigenvalue weighted by molar-refractivity contribution is 6.36. The van der Waals surface area contributed by atoms with Crippen LogP contribution in [0.3, 0.4) is 0 Å². The Morgan fingerprint density at radius 2 is 1.73 bits per heavy atom. The molecule has 0 aliphatic carbocycles. The lowest BCUT2D eigenvalue weighted by molar-refractivity contribution is 0.0693. The summed E-state index contributed by atoms with van der Waals surface area (Å²) in [5.41, 5.74) is -0.340. The minimum Gasteiger partial charge on any atom is -0.507 e. The molecule has 0 aliphatic heterocycles. The number of phenolic OH excluding ortho intramolecular Hbond substituents is 1. The number of amides is 1. The molecule has 2 rings (SSSR count). The van der Waals surface area contributed by atoms with E-state index in [2.05, 4.69) is 5.32 Å². The lowest BCUT2D eigenvalue weighted by Gasteiger charge is -2.10. The van der Waals surface area contributed by atoms with Gasteiger partial charge in [-0.15, -0.1) is 0 Å². The standard InChI is InChI=1S/C14H9Cl2NO5/c15-7-4-9(16)12(19)10(5-7)17-13(20)6-1-2-8(14(21)22)11(18)3-6/h1-5,18-19H,(H,17,20)(H,21,22). The van der Waals surface area contributed by atoms with Crippen LogP contribution in [0.15, 0.2) is 30.3 Å². The lowest BCUT2D eigenvalue weighted by Crippen LogP contribution is -2.12. The van der Waals surface area contributed by atoms with Crippen LogP contribution in [0, 0.1) is 0 Å². The van der Waals surface area contributed by atoms with Gasteiger partial charge in [0.2, 0.25) is 0 Å². The van der Waals surface area contributed by atoms with Crippen LogP contribution < -0.4 is 5.32 Å². The molecule has 0 saturated heterocycles. The van der Waals surface area contributed by atoms with Crippen LogP contribution in [0.4, 0.5) is 5.69 Å². The first kappa shape index (κ1) is 15.9. The average molecular weight is 342 g/mol. The summed E-state index contributed by atoms with van der Waals surface area (Å²) in [5.74, 6) is -2.90. The molecule has 0 unspecified atom stereocenters. The van der Waals surface area contributed by atoms with Crippen molar-refractivity contribution in [3.63, 3.8) is 0 Å². The molecule has 0 aliphatic rings. The van der Waals surface area contributed by atoms with Crippen LogP contribution in [0.25, 0.3) is 0 Å². The van der Waals surface area contributed by atoms with Gasteiger partial charge in [0, 0.05) is 10.6 Å². The maximum Gasteiger partial charge on any atom is 0.339 e. The molecule has 22 heavy (non-hydrogen) atoms. The van der Waals surface area contributed by atoms with Crippen molar-refractivity contribution in [2.24, 2.45) is 0 Å². The third-order valence-corrected chi connectivity index (χ3v) is 3.27. The highest BCUT2D eigenvalue weighted by Gasteiger charge is 2.16. The fraction of sp³-hybridized carbons (Fsp3) is 0. The number of carbonyl (C=O) groups excluding carboxylic acids is 1. The number of aromatic carboxylic acids is 1. The fourth-order valence-electron chi connectivity index (χ4n) is 1.71. The smallest absolute Gasteiger partial charge is 0.339 e. The number of carbonyl (C=O) groups is 2. The van der Waals surface area contributed by atoms with E-state index in [0.717, 1.165) is 12.1 Å². The Hall–Kier alpha value is -2.44. The number of aromatic hydroxyl groups is 2. The van der Waals surface area contributed by atoms with Gasteiger partial charge in [-0.05, 0) is 30.3 Å². The molecule has 1 amide bonds. The van der Waals surface area contributed by atoms with E-state index >= 15 is 0 Å². The van der Waals surface area contributed by atoms with Crippen molar-refractivity contribution in [3.8, 4) is 11.5 Å². The van der Waals surface area contributed by atoms with E-state index in [4.69, 9.17) is 28.3 Å². The molecule has 0 radical (unpaired) electrons. The molecule has 0 aromatic heterocycles. The van der Waals surface area contributed by atoms with E-state index in [9.17, 15) is 19.8 Å². The molecule has 2 aromatic carbocycles. The van der Waals surface area contributed by atoms with Gasteiger partial charge in [0.1, 0.15) is 11.3 Å². The summed E-state index contributed by atoms with van der Waals surface area (Å²) in [6, 6.07) is 5.93. The van der Waals surface area contributed by atoms with E-state index in [-0.39, 0.29) is 32.6 Å². The molecule has 0 fully saturated rings. The first-order chi connectivity index (χ1) is 10.3. The Kier molecular flexibility index (Phi) is 4.44. The normalized spacial score (nSPS) is 10.3. The molecule has 114 valence electrons. The number of rotatable bonds is 3. The molecule has 0 heterocycles. The average Bonchev–Trinajstić information content (AvgIpc) is 2.43. The molecule has 4 N–H and O–H groups in total. The lowest BCUT2D eigenvalue weighted by atomic mass is 10.1. The Bertz CT molecular complexity index is 776. The van der Waals surface area contributed by atoms with Crippen molar-refractivity contribution in [3.05, 3.63) is 51.5 Å². The summed E-state index contributed by atoms with van der Waals surface area (Å²) in [4.78, 5) is 22.8. The second-order valence-electron chi connectivity index (χ2n) is 4.27. The van der Waals surface area contributed by atoms with Crippen molar-refractivity contribution in [2.75, 3.05) is 5.32 Å². The van der Waals surface area contributed by atoms with Gasteiger partial charge in [-0.3, -0.25) is 4.79 Å². The monoisotopic (exact) mass is 341 g/mol. The number of anilines is 1. The van der Waals surface area contributed by atoms with Gasteiger partial charge < -0.3 is 20.6 Å². The van der Waals surface area contributed by atoms with Crippen LogP contribution in [-0.4, -0.2) is 27.2 Å². The van der Waals surface area contributed by atoms with E-state index in [1.807, 2.05) is 0 Å². The number of halogens is 2. The Balaban J connectivity index is 2.30. The molecule has 0 atom stereocenters. The van der Waals surface area contributed by atoms with Crippen LogP contribution in [0.5, 0.6) is 11.5 Å². The van der Waals surface area contributed by atoms with Gasteiger partial charge in [-0.1, -0.05) is 23.2 Å². The fourth-order valence-corrected chi connectivity index (χ4v) is 2.20. The van der Waals surface area contributed by atoms with Crippen molar-refractivity contribution < 1.29 is 24.9 Å². The van der Waals surface area contributed by atoms with E-state index in [0.29, 0.717) is 0 Å². The maximum atomic E-state index is 12.1. The van der Waals surface area contributed by atoms with E-state index in [1.165, 1.54) is 18.2 Å². The summed E-state index contributed by atoms with van der Waals surface area (Å²) in [5, 5.41) is 30.7. The largest absolute Gasteiger partial charge is 0.507 e. The zero-order chi connectivity index (χ0) is 16.4. The van der Waals surface area contributed by atoms with Crippen molar-refractivity contribution >= 4 is 40.8 Å². The summed E-state index contributed by atoms with van der Waals surface area (Å²) in [6.45, 7) is 0. The minimum atomic E-state index is -1.32. The third-order valence-electron chi connectivity index (χ3n) is 2.77. The molecular formula is C14H9Cl2NO5. The number of hydrogen-bond donors (Lipinski definition) is 4. The molecule has 8 heteroatoms. The summed E-state index contributed by atoms with van der Waals surface area (Å²) in [7, 11) is 0. The number of carboxylic acids is 1. The van der Waals surface area contributed by atoms with Crippen molar-refractivity contribution in [2.45, 2.75) is 0 Å².